The van der Waals surface area contributed by atoms with Crippen LogP contribution in [0.15, 0.2) is 10.9 Å². The molecule has 0 aromatic carbocycles. The zero-order valence-electron chi connectivity index (χ0n) is 15.8. The van der Waals surface area contributed by atoms with E-state index in [1.54, 1.807) is 6.07 Å². The lowest BCUT2D eigenvalue weighted by atomic mass is 9.97. The maximum absolute atomic E-state index is 12.7. The lowest BCUT2D eigenvalue weighted by Crippen LogP contribution is -2.25. The number of aromatic amines is 1. The number of hydrogen-bond acceptors (Lipinski definition) is 4. The number of anilines is 1. The second kappa shape index (κ2) is 7.85. The van der Waals surface area contributed by atoms with E-state index >= 15 is 0 Å². The zero-order chi connectivity index (χ0) is 18.7. The summed E-state index contributed by atoms with van der Waals surface area (Å²) < 4.78 is 1.53. The van der Waals surface area contributed by atoms with Crippen molar-refractivity contribution < 1.29 is 4.79 Å². The van der Waals surface area contributed by atoms with Crippen molar-refractivity contribution in [2.24, 2.45) is 5.92 Å². The van der Waals surface area contributed by atoms with Gasteiger partial charge < -0.3 is 5.32 Å². The SMILES string of the molecule is CCCC(CCC)C(=O)Nc1cc(C)nn1-c1nc2c(c(=O)[nH]1)CCC2. The van der Waals surface area contributed by atoms with E-state index in [2.05, 4.69) is 34.2 Å². The summed E-state index contributed by atoms with van der Waals surface area (Å²) in [7, 11) is 0. The average molecular weight is 357 g/mol. The Hall–Kier alpha value is -2.44. The van der Waals surface area contributed by atoms with E-state index in [4.69, 9.17) is 0 Å². The average Bonchev–Trinajstić information content (AvgIpc) is 3.21. The molecule has 1 aliphatic rings. The summed E-state index contributed by atoms with van der Waals surface area (Å²) in [5.41, 5.74) is 2.26. The van der Waals surface area contributed by atoms with Gasteiger partial charge in [0, 0.05) is 17.5 Å². The number of rotatable bonds is 7. The summed E-state index contributed by atoms with van der Waals surface area (Å²) in [6.45, 7) is 6.03. The van der Waals surface area contributed by atoms with E-state index in [9.17, 15) is 9.59 Å². The van der Waals surface area contributed by atoms with Crippen molar-refractivity contribution in [1.82, 2.24) is 19.7 Å². The molecule has 0 saturated carbocycles. The number of carbonyl (C=O) groups is 1. The molecule has 0 fully saturated rings. The van der Waals surface area contributed by atoms with Crippen molar-refractivity contribution in [3.63, 3.8) is 0 Å². The molecule has 3 rings (SSSR count). The van der Waals surface area contributed by atoms with Crippen LogP contribution in [0.3, 0.4) is 0 Å². The number of aromatic nitrogens is 4. The van der Waals surface area contributed by atoms with Gasteiger partial charge >= 0.3 is 0 Å². The fourth-order valence-electron chi connectivity index (χ4n) is 3.61. The number of nitrogens with zero attached hydrogens (tertiary/aromatic N) is 3. The van der Waals surface area contributed by atoms with Gasteiger partial charge in [-0.1, -0.05) is 26.7 Å². The summed E-state index contributed by atoms with van der Waals surface area (Å²) in [6.07, 6.45) is 6.19. The van der Waals surface area contributed by atoms with Crippen LogP contribution in [0.1, 0.15) is 62.9 Å². The van der Waals surface area contributed by atoms with Gasteiger partial charge in [-0.05, 0) is 39.0 Å². The van der Waals surface area contributed by atoms with Gasteiger partial charge in [-0.2, -0.15) is 9.78 Å². The third-order valence-corrected chi connectivity index (χ3v) is 4.86. The Labute approximate surface area is 153 Å². The number of fused-ring (bicyclic) bond motifs is 1. The number of hydrogen-bond donors (Lipinski definition) is 2. The molecule has 2 aromatic heterocycles. The molecule has 2 heterocycles. The van der Waals surface area contributed by atoms with E-state index in [0.29, 0.717) is 11.8 Å². The number of amides is 1. The van der Waals surface area contributed by atoms with Gasteiger partial charge in [0.15, 0.2) is 0 Å². The van der Waals surface area contributed by atoms with Crippen LogP contribution in [-0.4, -0.2) is 25.7 Å². The maximum Gasteiger partial charge on any atom is 0.255 e. The molecule has 0 aliphatic heterocycles. The highest BCUT2D eigenvalue weighted by atomic mass is 16.2. The number of aryl methyl sites for hydroxylation is 2. The number of carbonyl (C=O) groups excluding carboxylic acids is 1. The summed E-state index contributed by atoms with van der Waals surface area (Å²) in [5.74, 6) is 0.895. The van der Waals surface area contributed by atoms with Crippen LogP contribution in [0, 0.1) is 12.8 Å². The molecule has 0 radical (unpaired) electrons. The molecule has 0 bridgehead atoms. The second-order valence-corrected chi connectivity index (χ2v) is 7.01. The quantitative estimate of drug-likeness (QED) is 0.797. The summed E-state index contributed by atoms with van der Waals surface area (Å²) >= 11 is 0. The fraction of sp³-hybridized carbons (Fsp3) is 0.579. The highest BCUT2D eigenvalue weighted by Gasteiger charge is 2.22. The van der Waals surface area contributed by atoms with E-state index in [0.717, 1.165) is 61.9 Å². The van der Waals surface area contributed by atoms with Gasteiger partial charge in [0.25, 0.3) is 5.56 Å². The Bertz CT molecular complexity index is 846. The molecule has 0 atom stereocenters. The van der Waals surface area contributed by atoms with Crippen LogP contribution in [-0.2, 0) is 17.6 Å². The molecule has 0 saturated heterocycles. The minimum Gasteiger partial charge on any atom is -0.310 e. The monoisotopic (exact) mass is 357 g/mol. The molecule has 2 N–H and O–H groups in total. The lowest BCUT2D eigenvalue weighted by Gasteiger charge is -2.15. The molecular weight excluding hydrogens is 330 g/mol. The van der Waals surface area contributed by atoms with Gasteiger partial charge in [-0.3, -0.25) is 14.6 Å². The molecule has 1 amide bonds. The Morgan fingerprint density at radius 3 is 2.73 bits per heavy atom. The van der Waals surface area contributed by atoms with Crippen molar-refractivity contribution in [1.29, 1.82) is 0 Å². The summed E-state index contributed by atoms with van der Waals surface area (Å²) in [4.78, 5) is 32.4. The predicted molar refractivity (Wildman–Crippen MR) is 101 cm³/mol. The van der Waals surface area contributed by atoms with Gasteiger partial charge in [-0.25, -0.2) is 4.98 Å². The molecule has 2 aromatic rings. The van der Waals surface area contributed by atoms with Crippen LogP contribution in [0.2, 0.25) is 0 Å². The molecule has 0 spiro atoms. The highest BCUT2D eigenvalue weighted by Crippen LogP contribution is 2.21. The first-order valence-electron chi connectivity index (χ1n) is 9.53. The van der Waals surface area contributed by atoms with E-state index < -0.39 is 0 Å². The van der Waals surface area contributed by atoms with Crippen molar-refractivity contribution in [3.8, 4) is 5.95 Å². The van der Waals surface area contributed by atoms with E-state index in [1.807, 2.05) is 6.92 Å². The Morgan fingerprint density at radius 2 is 2.04 bits per heavy atom. The van der Waals surface area contributed by atoms with Crippen LogP contribution in [0.25, 0.3) is 5.95 Å². The number of nitrogens with one attached hydrogen (secondary N) is 2. The minimum atomic E-state index is -0.109. The maximum atomic E-state index is 12.7. The standard InChI is InChI=1S/C19H27N5O2/c1-4-7-13(8-5-2)17(25)21-16-11-12(3)23-24(16)19-20-15-10-6-9-14(15)18(26)22-19/h11,13H,4-10H2,1-3H3,(H,21,25)(H,20,22,26). The second-order valence-electron chi connectivity index (χ2n) is 7.01. The van der Waals surface area contributed by atoms with Crippen molar-refractivity contribution in [2.75, 3.05) is 5.32 Å². The van der Waals surface area contributed by atoms with Crippen LogP contribution < -0.4 is 10.9 Å². The molecule has 7 nitrogen and oxygen atoms in total. The van der Waals surface area contributed by atoms with E-state index in [-0.39, 0.29) is 17.4 Å². The molecule has 1 aliphatic carbocycles. The molecule has 0 unspecified atom stereocenters. The summed E-state index contributed by atoms with van der Waals surface area (Å²) in [5, 5.41) is 7.41. The summed E-state index contributed by atoms with van der Waals surface area (Å²) in [6, 6.07) is 1.81. The van der Waals surface area contributed by atoms with Gasteiger partial charge in [0.1, 0.15) is 5.82 Å². The topological polar surface area (TPSA) is 92.7 Å². The Morgan fingerprint density at radius 1 is 1.31 bits per heavy atom. The molecule has 26 heavy (non-hydrogen) atoms. The zero-order valence-corrected chi connectivity index (χ0v) is 15.8. The first kappa shape index (κ1) is 18.4. The molecule has 7 heteroatoms. The minimum absolute atomic E-state index is 0.00152. The van der Waals surface area contributed by atoms with Crippen LogP contribution in [0.5, 0.6) is 0 Å². The van der Waals surface area contributed by atoms with Crippen LogP contribution >= 0.6 is 0 Å². The van der Waals surface area contributed by atoms with Gasteiger partial charge in [0.2, 0.25) is 11.9 Å². The first-order valence-corrected chi connectivity index (χ1v) is 9.53. The van der Waals surface area contributed by atoms with Gasteiger partial charge in [0.05, 0.1) is 11.4 Å². The Kier molecular flexibility index (Phi) is 5.54. The third-order valence-electron chi connectivity index (χ3n) is 4.86. The molecular formula is C19H27N5O2. The van der Waals surface area contributed by atoms with Crippen molar-refractivity contribution >= 4 is 11.7 Å². The molecule has 140 valence electrons. The van der Waals surface area contributed by atoms with Crippen molar-refractivity contribution in [3.05, 3.63) is 33.4 Å². The van der Waals surface area contributed by atoms with E-state index in [1.165, 1.54) is 4.68 Å². The highest BCUT2D eigenvalue weighted by molar-refractivity contribution is 5.92. The van der Waals surface area contributed by atoms with Gasteiger partial charge in [-0.15, -0.1) is 0 Å². The fourth-order valence-corrected chi connectivity index (χ4v) is 3.61. The third kappa shape index (κ3) is 3.71. The predicted octanol–water partition coefficient (Wildman–Crippen LogP) is 2.91. The normalized spacial score (nSPS) is 13.2. The van der Waals surface area contributed by atoms with Crippen molar-refractivity contribution in [2.45, 2.75) is 65.7 Å². The number of H-pyrrole nitrogens is 1. The van der Waals surface area contributed by atoms with Crippen LogP contribution in [0.4, 0.5) is 5.82 Å². The largest absolute Gasteiger partial charge is 0.310 e. The smallest absolute Gasteiger partial charge is 0.255 e. The Balaban J connectivity index is 1.90. The lowest BCUT2D eigenvalue weighted by molar-refractivity contribution is -0.120. The first-order chi connectivity index (χ1) is 12.5.